The molecule has 1 atom stereocenters. The standard InChI is InChI=1S/C14H17NO2S/c1-11(8-16)9-18-10-14-15-7-13(17-14)12-5-3-2-4-6-12/h2-7,11,16H,8-10H2,1H3. The van der Waals surface area contributed by atoms with Gasteiger partial charge in [0.25, 0.3) is 0 Å². The third kappa shape index (κ3) is 3.62. The molecule has 96 valence electrons. The molecule has 0 spiro atoms. The van der Waals surface area contributed by atoms with Gasteiger partial charge in [-0.1, -0.05) is 37.3 Å². The second-order valence-electron chi connectivity index (χ2n) is 4.29. The number of hydrogen-bond donors (Lipinski definition) is 1. The van der Waals surface area contributed by atoms with E-state index < -0.39 is 0 Å². The Morgan fingerprint density at radius 1 is 1.33 bits per heavy atom. The van der Waals surface area contributed by atoms with Crippen molar-refractivity contribution in [3.63, 3.8) is 0 Å². The van der Waals surface area contributed by atoms with Gasteiger partial charge in [0.05, 0.1) is 11.9 Å². The maximum absolute atomic E-state index is 8.93. The largest absolute Gasteiger partial charge is 0.440 e. The first-order valence-corrected chi connectivity index (χ1v) is 7.14. The Kier molecular flexibility index (Phi) is 4.84. The van der Waals surface area contributed by atoms with Crippen molar-refractivity contribution in [1.29, 1.82) is 0 Å². The molecule has 1 unspecified atom stereocenters. The van der Waals surface area contributed by atoms with E-state index in [0.717, 1.165) is 28.7 Å². The highest BCUT2D eigenvalue weighted by molar-refractivity contribution is 7.98. The SMILES string of the molecule is CC(CO)CSCc1ncc(-c2ccccc2)o1. The third-order valence-electron chi connectivity index (χ3n) is 2.55. The molecule has 0 radical (unpaired) electrons. The van der Waals surface area contributed by atoms with Crippen LogP contribution in [-0.2, 0) is 5.75 Å². The summed E-state index contributed by atoms with van der Waals surface area (Å²) in [6.45, 7) is 2.26. The molecule has 4 heteroatoms. The fourth-order valence-corrected chi connectivity index (χ4v) is 2.45. The fraction of sp³-hybridized carbons (Fsp3) is 0.357. The van der Waals surface area contributed by atoms with Crippen LogP contribution in [0.15, 0.2) is 40.9 Å². The maximum atomic E-state index is 8.93. The van der Waals surface area contributed by atoms with Crippen LogP contribution in [0.4, 0.5) is 0 Å². The molecule has 1 aromatic heterocycles. The topological polar surface area (TPSA) is 46.3 Å². The summed E-state index contributed by atoms with van der Waals surface area (Å²) in [5.74, 6) is 3.53. The Hall–Kier alpha value is -1.26. The van der Waals surface area contributed by atoms with Crippen LogP contribution in [0.1, 0.15) is 12.8 Å². The molecule has 3 nitrogen and oxygen atoms in total. The molecule has 0 bridgehead atoms. The van der Waals surface area contributed by atoms with Gasteiger partial charge in [-0.15, -0.1) is 0 Å². The lowest BCUT2D eigenvalue weighted by atomic mass is 10.2. The molecule has 0 aliphatic carbocycles. The van der Waals surface area contributed by atoms with Crippen LogP contribution in [0.2, 0.25) is 0 Å². The van der Waals surface area contributed by atoms with Crippen LogP contribution >= 0.6 is 11.8 Å². The number of oxazole rings is 1. The average Bonchev–Trinajstić information content (AvgIpc) is 2.88. The summed E-state index contributed by atoms with van der Waals surface area (Å²) in [6.07, 6.45) is 1.76. The highest BCUT2D eigenvalue weighted by Crippen LogP contribution is 2.22. The molecule has 1 aromatic carbocycles. The van der Waals surface area contributed by atoms with Gasteiger partial charge in [0.1, 0.15) is 0 Å². The zero-order valence-corrected chi connectivity index (χ0v) is 11.2. The number of benzene rings is 1. The second kappa shape index (κ2) is 6.61. The van der Waals surface area contributed by atoms with E-state index in [1.165, 1.54) is 0 Å². The molecular weight excluding hydrogens is 246 g/mol. The number of aliphatic hydroxyl groups is 1. The van der Waals surface area contributed by atoms with E-state index in [4.69, 9.17) is 9.52 Å². The van der Waals surface area contributed by atoms with Crippen molar-refractivity contribution in [3.8, 4) is 11.3 Å². The van der Waals surface area contributed by atoms with Gasteiger partial charge in [0.15, 0.2) is 5.76 Å². The van der Waals surface area contributed by atoms with Crippen molar-refractivity contribution in [2.24, 2.45) is 5.92 Å². The van der Waals surface area contributed by atoms with Gasteiger partial charge in [0, 0.05) is 12.2 Å². The number of aliphatic hydroxyl groups excluding tert-OH is 1. The summed E-state index contributed by atoms with van der Waals surface area (Å²) in [5, 5.41) is 8.93. The number of thioether (sulfide) groups is 1. The van der Waals surface area contributed by atoms with Crippen molar-refractivity contribution in [2.45, 2.75) is 12.7 Å². The molecule has 18 heavy (non-hydrogen) atoms. The van der Waals surface area contributed by atoms with Gasteiger partial charge >= 0.3 is 0 Å². The lowest BCUT2D eigenvalue weighted by Gasteiger charge is -2.04. The van der Waals surface area contributed by atoms with Gasteiger partial charge < -0.3 is 9.52 Å². The quantitative estimate of drug-likeness (QED) is 0.869. The van der Waals surface area contributed by atoms with Crippen LogP contribution < -0.4 is 0 Å². The Balaban J connectivity index is 1.91. The van der Waals surface area contributed by atoms with Gasteiger partial charge in [0.2, 0.25) is 5.89 Å². The van der Waals surface area contributed by atoms with Crippen LogP contribution in [0, 0.1) is 5.92 Å². The molecule has 1 N–H and O–H groups in total. The van der Waals surface area contributed by atoms with E-state index >= 15 is 0 Å². The fourth-order valence-electron chi connectivity index (χ4n) is 1.51. The van der Waals surface area contributed by atoms with E-state index in [1.807, 2.05) is 37.3 Å². The smallest absolute Gasteiger partial charge is 0.204 e. The normalized spacial score (nSPS) is 12.6. The Morgan fingerprint density at radius 3 is 2.83 bits per heavy atom. The van der Waals surface area contributed by atoms with E-state index in [-0.39, 0.29) is 6.61 Å². The summed E-state index contributed by atoms with van der Waals surface area (Å²) in [6, 6.07) is 9.95. The van der Waals surface area contributed by atoms with Crippen LogP contribution in [-0.4, -0.2) is 22.5 Å². The summed E-state index contributed by atoms with van der Waals surface area (Å²) in [7, 11) is 0. The van der Waals surface area contributed by atoms with Gasteiger partial charge in [-0.3, -0.25) is 0 Å². The van der Waals surface area contributed by atoms with Gasteiger partial charge in [-0.05, 0) is 11.7 Å². The molecule has 0 aliphatic heterocycles. The average molecular weight is 263 g/mol. The minimum atomic E-state index is 0.230. The van der Waals surface area contributed by atoms with Crippen molar-refractivity contribution in [2.75, 3.05) is 12.4 Å². The number of nitrogens with zero attached hydrogens (tertiary/aromatic N) is 1. The van der Waals surface area contributed by atoms with Crippen molar-refractivity contribution < 1.29 is 9.52 Å². The highest BCUT2D eigenvalue weighted by atomic mass is 32.2. The Morgan fingerprint density at radius 2 is 2.11 bits per heavy atom. The second-order valence-corrected chi connectivity index (χ2v) is 5.32. The van der Waals surface area contributed by atoms with Crippen molar-refractivity contribution in [3.05, 3.63) is 42.4 Å². The minimum absolute atomic E-state index is 0.230. The monoisotopic (exact) mass is 263 g/mol. The van der Waals surface area contributed by atoms with E-state index in [0.29, 0.717) is 5.92 Å². The van der Waals surface area contributed by atoms with E-state index in [2.05, 4.69) is 4.98 Å². The molecule has 0 aliphatic rings. The Bertz CT molecular complexity index is 470. The molecule has 2 aromatic rings. The summed E-state index contributed by atoms with van der Waals surface area (Å²) >= 11 is 1.73. The number of rotatable bonds is 6. The lowest BCUT2D eigenvalue weighted by molar-refractivity contribution is 0.250. The minimum Gasteiger partial charge on any atom is -0.440 e. The molecule has 1 heterocycles. The first-order chi connectivity index (χ1) is 8.79. The molecule has 0 amide bonds. The third-order valence-corrected chi connectivity index (χ3v) is 3.81. The first kappa shape index (κ1) is 13.2. The molecule has 0 saturated heterocycles. The van der Waals surface area contributed by atoms with E-state index in [9.17, 15) is 0 Å². The number of hydrogen-bond acceptors (Lipinski definition) is 4. The predicted octanol–water partition coefficient (Wildman–Crippen LogP) is 3.20. The summed E-state index contributed by atoms with van der Waals surface area (Å²) < 4.78 is 5.69. The first-order valence-electron chi connectivity index (χ1n) is 5.98. The van der Waals surface area contributed by atoms with Crippen molar-refractivity contribution >= 4 is 11.8 Å². The van der Waals surface area contributed by atoms with Crippen LogP contribution in [0.3, 0.4) is 0 Å². The van der Waals surface area contributed by atoms with Crippen LogP contribution in [0.5, 0.6) is 0 Å². The van der Waals surface area contributed by atoms with E-state index in [1.54, 1.807) is 18.0 Å². The lowest BCUT2D eigenvalue weighted by Crippen LogP contribution is -2.03. The van der Waals surface area contributed by atoms with Crippen LogP contribution in [0.25, 0.3) is 11.3 Å². The highest BCUT2D eigenvalue weighted by Gasteiger charge is 2.07. The molecule has 0 saturated carbocycles. The summed E-state index contributed by atoms with van der Waals surface area (Å²) in [4.78, 5) is 4.27. The molecule has 2 rings (SSSR count). The predicted molar refractivity (Wildman–Crippen MR) is 74.4 cm³/mol. The van der Waals surface area contributed by atoms with Gasteiger partial charge in [-0.25, -0.2) is 4.98 Å². The maximum Gasteiger partial charge on any atom is 0.204 e. The zero-order chi connectivity index (χ0) is 12.8. The number of aromatic nitrogens is 1. The molecule has 0 fully saturated rings. The summed E-state index contributed by atoms with van der Waals surface area (Å²) in [5.41, 5.74) is 1.05. The zero-order valence-electron chi connectivity index (χ0n) is 10.4. The molecular formula is C14H17NO2S. The van der Waals surface area contributed by atoms with Crippen molar-refractivity contribution in [1.82, 2.24) is 4.98 Å². The Labute approximate surface area is 111 Å². The van der Waals surface area contributed by atoms with Gasteiger partial charge in [-0.2, -0.15) is 11.8 Å².